The average Bonchev–Trinajstić information content (AvgIpc) is 2.75. The smallest absolute Gasteiger partial charge is 0.345 e. The summed E-state index contributed by atoms with van der Waals surface area (Å²) in [4.78, 5) is 27.1. The van der Waals surface area contributed by atoms with E-state index in [1.165, 1.54) is 0 Å². The number of rotatable bonds is 3. The van der Waals surface area contributed by atoms with E-state index < -0.39 is 5.97 Å². The standard InChI is InChI=1S/C11H16N4O3S/c1-3-18-11(17)8-9(12)13-19-10(8)15-5-4-14(2)7(16)6-15/h3-6H2,1-2H3,(H2,12,13). The normalized spacial score (nSPS) is 15.8. The molecule has 2 heterocycles. The average molecular weight is 284 g/mol. The van der Waals surface area contributed by atoms with Crippen LogP contribution >= 0.6 is 11.5 Å². The summed E-state index contributed by atoms with van der Waals surface area (Å²) in [6.45, 7) is 3.49. The van der Waals surface area contributed by atoms with E-state index in [9.17, 15) is 9.59 Å². The topological polar surface area (TPSA) is 88.8 Å². The number of ether oxygens (including phenoxy) is 1. The Bertz CT molecular complexity index is 502. The predicted molar refractivity (Wildman–Crippen MR) is 72.3 cm³/mol. The molecule has 2 N–H and O–H groups in total. The van der Waals surface area contributed by atoms with Gasteiger partial charge in [-0.1, -0.05) is 0 Å². The van der Waals surface area contributed by atoms with E-state index in [0.717, 1.165) is 11.5 Å². The summed E-state index contributed by atoms with van der Waals surface area (Å²) < 4.78 is 8.96. The molecule has 104 valence electrons. The molecule has 1 saturated heterocycles. The van der Waals surface area contributed by atoms with E-state index in [0.29, 0.717) is 18.1 Å². The number of esters is 1. The third-order valence-corrected chi connectivity index (χ3v) is 3.85. The molecule has 19 heavy (non-hydrogen) atoms. The maximum absolute atomic E-state index is 11.9. The molecule has 1 aliphatic heterocycles. The van der Waals surface area contributed by atoms with Gasteiger partial charge in [0.1, 0.15) is 10.6 Å². The zero-order valence-electron chi connectivity index (χ0n) is 10.9. The first-order valence-corrected chi connectivity index (χ1v) is 6.73. The fourth-order valence-corrected chi connectivity index (χ4v) is 2.66. The molecule has 0 radical (unpaired) electrons. The van der Waals surface area contributed by atoms with Gasteiger partial charge in [-0.15, -0.1) is 0 Å². The fraction of sp³-hybridized carbons (Fsp3) is 0.545. The second-order valence-electron chi connectivity index (χ2n) is 4.21. The second kappa shape index (κ2) is 5.43. The highest BCUT2D eigenvalue weighted by molar-refractivity contribution is 7.11. The Labute approximate surface area is 115 Å². The predicted octanol–water partition coefficient (Wildman–Crippen LogP) is 0.180. The summed E-state index contributed by atoms with van der Waals surface area (Å²) in [5.41, 5.74) is 5.99. The van der Waals surface area contributed by atoms with Gasteiger partial charge in [0.25, 0.3) is 0 Å². The first-order chi connectivity index (χ1) is 9.04. The van der Waals surface area contributed by atoms with Crippen molar-refractivity contribution in [3.8, 4) is 0 Å². The lowest BCUT2D eigenvalue weighted by Gasteiger charge is -2.32. The molecule has 0 saturated carbocycles. The highest BCUT2D eigenvalue weighted by Gasteiger charge is 2.29. The summed E-state index contributed by atoms with van der Waals surface area (Å²) in [5.74, 6) is -0.326. The van der Waals surface area contributed by atoms with Gasteiger partial charge in [0.15, 0.2) is 5.82 Å². The summed E-state index contributed by atoms with van der Waals surface area (Å²) in [7, 11) is 1.76. The van der Waals surface area contributed by atoms with E-state index in [1.807, 2.05) is 4.90 Å². The molecule has 0 spiro atoms. The molecule has 1 aliphatic rings. The van der Waals surface area contributed by atoms with E-state index in [2.05, 4.69) is 4.37 Å². The molecule has 0 unspecified atom stereocenters. The van der Waals surface area contributed by atoms with Crippen LogP contribution in [-0.4, -0.2) is 54.4 Å². The van der Waals surface area contributed by atoms with Gasteiger partial charge in [-0.3, -0.25) is 4.79 Å². The van der Waals surface area contributed by atoms with Gasteiger partial charge in [-0.2, -0.15) is 4.37 Å². The summed E-state index contributed by atoms with van der Waals surface area (Å²) in [5, 5.41) is 0.609. The molecule has 0 aliphatic carbocycles. The van der Waals surface area contributed by atoms with Crippen molar-refractivity contribution in [1.29, 1.82) is 0 Å². The maximum atomic E-state index is 11.9. The number of aromatic nitrogens is 1. The van der Waals surface area contributed by atoms with Crippen LogP contribution in [0.4, 0.5) is 10.8 Å². The Kier molecular flexibility index (Phi) is 3.89. The number of hydrogen-bond acceptors (Lipinski definition) is 7. The zero-order chi connectivity index (χ0) is 14.0. The number of nitrogen functional groups attached to an aromatic ring is 1. The van der Waals surface area contributed by atoms with Crippen molar-refractivity contribution < 1.29 is 14.3 Å². The molecule has 1 aromatic heterocycles. The molecule has 8 heteroatoms. The van der Waals surface area contributed by atoms with Crippen LogP contribution in [0.3, 0.4) is 0 Å². The van der Waals surface area contributed by atoms with E-state index in [1.54, 1.807) is 18.9 Å². The first-order valence-electron chi connectivity index (χ1n) is 5.95. The van der Waals surface area contributed by atoms with E-state index in [4.69, 9.17) is 10.5 Å². The molecular weight excluding hydrogens is 268 g/mol. The SMILES string of the molecule is CCOC(=O)c1c(N)nsc1N1CCN(C)C(=O)C1. The van der Waals surface area contributed by atoms with Crippen molar-refractivity contribution in [3.63, 3.8) is 0 Å². The maximum Gasteiger partial charge on any atom is 0.345 e. The van der Waals surface area contributed by atoms with Crippen molar-refractivity contribution in [2.45, 2.75) is 6.92 Å². The van der Waals surface area contributed by atoms with E-state index in [-0.39, 0.29) is 30.4 Å². The third kappa shape index (κ3) is 2.62. The van der Waals surface area contributed by atoms with Gasteiger partial charge in [-0.05, 0) is 18.5 Å². The number of carbonyl (C=O) groups excluding carboxylic acids is 2. The monoisotopic (exact) mass is 284 g/mol. The number of likely N-dealkylation sites (N-methyl/N-ethyl adjacent to an activating group) is 1. The second-order valence-corrected chi connectivity index (χ2v) is 4.96. The van der Waals surface area contributed by atoms with Crippen LogP contribution in [0.25, 0.3) is 0 Å². The highest BCUT2D eigenvalue weighted by atomic mass is 32.1. The van der Waals surface area contributed by atoms with Crippen LogP contribution in [-0.2, 0) is 9.53 Å². The number of anilines is 2. The number of hydrogen-bond donors (Lipinski definition) is 1. The van der Waals surface area contributed by atoms with Crippen LogP contribution in [0, 0.1) is 0 Å². The van der Waals surface area contributed by atoms with Crippen LogP contribution in [0.2, 0.25) is 0 Å². The molecule has 1 amide bonds. The minimum atomic E-state index is -0.491. The molecule has 1 fully saturated rings. The number of amides is 1. The molecule has 0 atom stereocenters. The van der Waals surface area contributed by atoms with Gasteiger partial charge >= 0.3 is 5.97 Å². The molecule has 7 nitrogen and oxygen atoms in total. The van der Waals surface area contributed by atoms with Crippen LogP contribution < -0.4 is 10.6 Å². The molecule has 0 bridgehead atoms. The minimum Gasteiger partial charge on any atom is -0.462 e. The van der Waals surface area contributed by atoms with Gasteiger partial charge in [0.2, 0.25) is 5.91 Å². The zero-order valence-corrected chi connectivity index (χ0v) is 11.7. The quantitative estimate of drug-likeness (QED) is 0.797. The van der Waals surface area contributed by atoms with Crippen LogP contribution in [0.1, 0.15) is 17.3 Å². The van der Waals surface area contributed by atoms with Crippen molar-refractivity contribution in [1.82, 2.24) is 9.27 Å². The molecule has 1 aromatic rings. The summed E-state index contributed by atoms with van der Waals surface area (Å²) >= 11 is 1.12. The summed E-state index contributed by atoms with van der Waals surface area (Å²) in [6, 6.07) is 0. The molecule has 0 aromatic carbocycles. The number of nitrogens with zero attached hydrogens (tertiary/aromatic N) is 3. The number of carbonyl (C=O) groups is 2. The number of piperazine rings is 1. The first kappa shape index (κ1) is 13.6. The Morgan fingerprint density at radius 2 is 2.26 bits per heavy atom. The van der Waals surface area contributed by atoms with Crippen molar-refractivity contribution in [3.05, 3.63) is 5.56 Å². The minimum absolute atomic E-state index is 0.00744. The molecular formula is C11H16N4O3S. The van der Waals surface area contributed by atoms with Crippen molar-refractivity contribution in [2.75, 3.05) is 43.9 Å². The van der Waals surface area contributed by atoms with Crippen LogP contribution in [0.15, 0.2) is 0 Å². The largest absolute Gasteiger partial charge is 0.462 e. The third-order valence-electron chi connectivity index (χ3n) is 2.92. The Balaban J connectivity index is 2.25. The lowest BCUT2D eigenvalue weighted by atomic mass is 10.2. The van der Waals surface area contributed by atoms with Gasteiger partial charge < -0.3 is 20.3 Å². The fourth-order valence-electron chi connectivity index (χ4n) is 1.84. The van der Waals surface area contributed by atoms with Gasteiger partial charge in [-0.25, -0.2) is 4.79 Å². The lowest BCUT2D eigenvalue weighted by molar-refractivity contribution is -0.129. The van der Waals surface area contributed by atoms with Crippen molar-refractivity contribution in [2.24, 2.45) is 0 Å². The van der Waals surface area contributed by atoms with Gasteiger partial charge in [0, 0.05) is 20.1 Å². The summed E-state index contributed by atoms with van der Waals surface area (Å²) in [6.07, 6.45) is 0. The Morgan fingerprint density at radius 1 is 1.53 bits per heavy atom. The number of nitrogens with two attached hydrogens (primary N) is 1. The van der Waals surface area contributed by atoms with E-state index >= 15 is 0 Å². The van der Waals surface area contributed by atoms with Crippen LogP contribution in [0.5, 0.6) is 0 Å². The molecule has 2 rings (SSSR count). The van der Waals surface area contributed by atoms with Crippen molar-refractivity contribution >= 4 is 34.2 Å². The Hall–Kier alpha value is -1.83. The lowest BCUT2D eigenvalue weighted by Crippen LogP contribution is -2.48. The van der Waals surface area contributed by atoms with Gasteiger partial charge in [0.05, 0.1) is 13.2 Å². The highest BCUT2D eigenvalue weighted by Crippen LogP contribution is 2.31. The Morgan fingerprint density at radius 3 is 2.89 bits per heavy atom.